The van der Waals surface area contributed by atoms with Gasteiger partial charge in [-0.05, 0) is 60.1 Å². The molecule has 1 amide bonds. The van der Waals surface area contributed by atoms with Gasteiger partial charge in [-0.3, -0.25) is 4.79 Å². The Morgan fingerprint density at radius 1 is 1.19 bits per heavy atom. The minimum atomic E-state index is -0.159. The lowest BCUT2D eigenvalue weighted by Gasteiger charge is -2.14. The van der Waals surface area contributed by atoms with Crippen LogP contribution in [0.5, 0.6) is 0 Å². The smallest absolute Gasteiger partial charge is 0.257 e. The van der Waals surface area contributed by atoms with Crippen molar-refractivity contribution in [2.45, 2.75) is 19.9 Å². The van der Waals surface area contributed by atoms with E-state index in [1.165, 1.54) is 0 Å². The quantitative estimate of drug-likeness (QED) is 0.782. The molecule has 0 aromatic heterocycles. The van der Waals surface area contributed by atoms with Crippen LogP contribution in [-0.2, 0) is 0 Å². The number of rotatable bonds is 4. The Kier molecular flexibility index (Phi) is 5.26. The average molecular weight is 368 g/mol. The molecule has 0 saturated heterocycles. The van der Waals surface area contributed by atoms with Crippen molar-refractivity contribution in [1.29, 1.82) is 0 Å². The predicted molar refractivity (Wildman–Crippen MR) is 92.3 cm³/mol. The monoisotopic (exact) mass is 366 g/mol. The van der Waals surface area contributed by atoms with E-state index in [9.17, 15) is 4.79 Å². The summed E-state index contributed by atoms with van der Waals surface area (Å²) in [6, 6.07) is 13.0. The lowest BCUT2D eigenvalue weighted by atomic mass is 10.1. The summed E-state index contributed by atoms with van der Waals surface area (Å²) in [5, 5.41) is 6.75. The van der Waals surface area contributed by atoms with Crippen LogP contribution >= 0.6 is 27.5 Å². The zero-order valence-electron chi connectivity index (χ0n) is 11.8. The Labute approximate surface area is 137 Å². The highest BCUT2D eigenvalue weighted by molar-refractivity contribution is 9.10. The molecule has 0 fully saturated rings. The van der Waals surface area contributed by atoms with E-state index in [1.807, 2.05) is 32.0 Å². The second-order valence-corrected chi connectivity index (χ2v) is 6.19. The molecule has 0 aliphatic carbocycles. The van der Waals surface area contributed by atoms with Gasteiger partial charge in [0.1, 0.15) is 0 Å². The first-order chi connectivity index (χ1) is 9.97. The minimum Gasteiger partial charge on any atom is -0.382 e. The summed E-state index contributed by atoms with van der Waals surface area (Å²) in [6.45, 7) is 4.07. The van der Waals surface area contributed by atoms with Crippen molar-refractivity contribution in [3.05, 3.63) is 57.5 Å². The maximum absolute atomic E-state index is 12.4. The maximum Gasteiger partial charge on any atom is 0.257 e. The van der Waals surface area contributed by atoms with Gasteiger partial charge in [-0.2, -0.15) is 0 Å². The number of carbonyl (C=O) groups is 1. The Morgan fingerprint density at radius 3 is 2.57 bits per heavy atom. The van der Waals surface area contributed by atoms with Crippen LogP contribution in [0.1, 0.15) is 24.2 Å². The van der Waals surface area contributed by atoms with Crippen molar-refractivity contribution in [1.82, 2.24) is 0 Å². The first-order valence-corrected chi connectivity index (χ1v) is 7.76. The van der Waals surface area contributed by atoms with Crippen molar-refractivity contribution in [3.63, 3.8) is 0 Å². The highest BCUT2D eigenvalue weighted by Crippen LogP contribution is 2.26. The van der Waals surface area contributed by atoms with Crippen molar-refractivity contribution in [2.24, 2.45) is 0 Å². The molecule has 0 aliphatic rings. The first-order valence-electron chi connectivity index (χ1n) is 6.59. The summed E-state index contributed by atoms with van der Waals surface area (Å²) in [4.78, 5) is 12.4. The Hall–Kier alpha value is -1.52. The van der Waals surface area contributed by atoms with Gasteiger partial charge in [0.25, 0.3) is 5.91 Å². The van der Waals surface area contributed by atoms with E-state index in [0.717, 1.165) is 10.2 Å². The second kappa shape index (κ2) is 6.96. The molecule has 2 aromatic rings. The molecule has 2 rings (SSSR count). The Balaban J connectivity index is 2.22. The Morgan fingerprint density at radius 2 is 1.90 bits per heavy atom. The molecule has 0 saturated carbocycles. The van der Waals surface area contributed by atoms with E-state index in [2.05, 4.69) is 26.6 Å². The van der Waals surface area contributed by atoms with Crippen LogP contribution < -0.4 is 10.6 Å². The van der Waals surface area contributed by atoms with Crippen LogP contribution in [0.2, 0.25) is 5.02 Å². The van der Waals surface area contributed by atoms with E-state index in [0.29, 0.717) is 16.3 Å². The maximum atomic E-state index is 12.4. The number of halogens is 2. The molecule has 0 spiro atoms. The fourth-order valence-corrected chi connectivity index (χ4v) is 2.39. The highest BCUT2D eigenvalue weighted by atomic mass is 79.9. The number of para-hydroxylation sites is 1. The van der Waals surface area contributed by atoms with Crippen LogP contribution in [0.25, 0.3) is 0 Å². The predicted octanol–water partition coefficient (Wildman–Crippen LogP) is 5.18. The summed E-state index contributed by atoms with van der Waals surface area (Å²) < 4.78 is 0.746. The van der Waals surface area contributed by atoms with E-state index >= 15 is 0 Å². The minimum absolute atomic E-state index is 0.159. The van der Waals surface area contributed by atoms with Gasteiger partial charge in [-0.15, -0.1) is 0 Å². The van der Waals surface area contributed by atoms with Gasteiger partial charge in [0.2, 0.25) is 0 Å². The third-order valence-electron chi connectivity index (χ3n) is 2.79. The third-order valence-corrected chi connectivity index (χ3v) is 4.01. The van der Waals surface area contributed by atoms with Gasteiger partial charge in [0.15, 0.2) is 0 Å². The van der Waals surface area contributed by atoms with Crippen LogP contribution in [0, 0.1) is 0 Å². The molecule has 21 heavy (non-hydrogen) atoms. The first kappa shape index (κ1) is 15.9. The van der Waals surface area contributed by atoms with Gasteiger partial charge in [0.05, 0.1) is 10.6 Å². The number of amides is 1. The standard InChI is InChI=1S/C16H16BrClN2O/c1-10(2)19-15-6-4-3-5-12(15)16(21)20-11-7-8-14(18)13(17)9-11/h3-10,19H,1-2H3,(H,20,21). The largest absolute Gasteiger partial charge is 0.382 e. The van der Waals surface area contributed by atoms with Crippen LogP contribution in [-0.4, -0.2) is 11.9 Å². The Bertz CT molecular complexity index is 658. The van der Waals surface area contributed by atoms with Gasteiger partial charge in [0, 0.05) is 21.9 Å². The molecular weight excluding hydrogens is 352 g/mol. The average Bonchev–Trinajstić information content (AvgIpc) is 2.43. The lowest BCUT2D eigenvalue weighted by Crippen LogP contribution is -2.17. The second-order valence-electron chi connectivity index (χ2n) is 4.93. The summed E-state index contributed by atoms with van der Waals surface area (Å²) in [6.07, 6.45) is 0. The van der Waals surface area contributed by atoms with E-state index in [4.69, 9.17) is 11.6 Å². The van der Waals surface area contributed by atoms with Crippen molar-refractivity contribution in [3.8, 4) is 0 Å². The van der Waals surface area contributed by atoms with Gasteiger partial charge < -0.3 is 10.6 Å². The molecule has 2 N–H and O–H groups in total. The van der Waals surface area contributed by atoms with Crippen molar-refractivity contribution in [2.75, 3.05) is 10.6 Å². The molecule has 0 radical (unpaired) electrons. The number of anilines is 2. The molecule has 110 valence electrons. The fourth-order valence-electron chi connectivity index (χ4n) is 1.89. The number of benzene rings is 2. The number of hydrogen-bond donors (Lipinski definition) is 2. The number of carbonyl (C=O) groups excluding carboxylic acids is 1. The molecular formula is C16H16BrClN2O. The normalized spacial score (nSPS) is 10.5. The zero-order chi connectivity index (χ0) is 15.4. The zero-order valence-corrected chi connectivity index (χ0v) is 14.1. The summed E-state index contributed by atoms with van der Waals surface area (Å²) in [5.74, 6) is -0.159. The molecule has 2 aromatic carbocycles. The van der Waals surface area contributed by atoms with Gasteiger partial charge >= 0.3 is 0 Å². The molecule has 0 aliphatic heterocycles. The third kappa shape index (κ3) is 4.22. The SMILES string of the molecule is CC(C)Nc1ccccc1C(=O)Nc1ccc(Cl)c(Br)c1. The highest BCUT2D eigenvalue weighted by Gasteiger charge is 2.12. The lowest BCUT2D eigenvalue weighted by molar-refractivity contribution is 0.102. The molecule has 0 bridgehead atoms. The number of nitrogens with one attached hydrogen (secondary N) is 2. The molecule has 5 heteroatoms. The van der Waals surface area contributed by atoms with Crippen LogP contribution in [0.15, 0.2) is 46.9 Å². The van der Waals surface area contributed by atoms with E-state index < -0.39 is 0 Å². The molecule has 0 heterocycles. The summed E-state index contributed by atoms with van der Waals surface area (Å²) >= 11 is 9.29. The van der Waals surface area contributed by atoms with Crippen molar-refractivity contribution >= 4 is 44.8 Å². The van der Waals surface area contributed by atoms with E-state index in [1.54, 1.807) is 24.3 Å². The van der Waals surface area contributed by atoms with Gasteiger partial charge in [-0.1, -0.05) is 23.7 Å². The summed E-state index contributed by atoms with van der Waals surface area (Å²) in [5.41, 5.74) is 2.12. The van der Waals surface area contributed by atoms with Crippen LogP contribution in [0.3, 0.4) is 0 Å². The van der Waals surface area contributed by atoms with Crippen LogP contribution in [0.4, 0.5) is 11.4 Å². The van der Waals surface area contributed by atoms with Crippen molar-refractivity contribution < 1.29 is 4.79 Å². The molecule has 0 unspecified atom stereocenters. The number of hydrogen-bond acceptors (Lipinski definition) is 2. The fraction of sp³-hybridized carbons (Fsp3) is 0.188. The summed E-state index contributed by atoms with van der Waals surface area (Å²) in [7, 11) is 0. The molecule has 0 atom stereocenters. The molecule has 3 nitrogen and oxygen atoms in total. The van der Waals surface area contributed by atoms with E-state index in [-0.39, 0.29) is 11.9 Å². The van der Waals surface area contributed by atoms with Gasteiger partial charge in [-0.25, -0.2) is 0 Å². The topological polar surface area (TPSA) is 41.1 Å².